The van der Waals surface area contributed by atoms with Gasteiger partial charge in [-0.05, 0) is 41.5 Å². The predicted molar refractivity (Wildman–Crippen MR) is 116 cm³/mol. The number of fused-ring (bicyclic) bond motifs is 1. The van der Waals surface area contributed by atoms with Gasteiger partial charge < -0.3 is 19.1 Å². The summed E-state index contributed by atoms with van der Waals surface area (Å²) in [5, 5.41) is 0. The van der Waals surface area contributed by atoms with Gasteiger partial charge in [0.1, 0.15) is 13.2 Å². The Hall–Kier alpha value is -3.20. The Morgan fingerprint density at radius 3 is 2.42 bits per heavy atom. The Labute approximate surface area is 190 Å². The van der Waals surface area contributed by atoms with Crippen LogP contribution in [0.4, 0.5) is 13.2 Å². The van der Waals surface area contributed by atoms with Gasteiger partial charge in [0.25, 0.3) is 0 Å². The van der Waals surface area contributed by atoms with E-state index in [1.165, 1.54) is 18.2 Å². The lowest BCUT2D eigenvalue weighted by Gasteiger charge is -2.34. The number of amides is 1. The van der Waals surface area contributed by atoms with Crippen molar-refractivity contribution < 1.29 is 32.2 Å². The summed E-state index contributed by atoms with van der Waals surface area (Å²) in [5.74, 6) is 1.61. The Balaban J connectivity index is 1.31. The monoisotopic (exact) mass is 462 g/mol. The maximum absolute atomic E-state index is 12.7. The van der Waals surface area contributed by atoms with E-state index < -0.39 is 11.7 Å². The molecule has 0 spiro atoms. The van der Waals surface area contributed by atoms with E-state index in [-0.39, 0.29) is 5.91 Å². The van der Waals surface area contributed by atoms with Crippen molar-refractivity contribution in [3.63, 3.8) is 0 Å². The van der Waals surface area contributed by atoms with Crippen LogP contribution in [0, 0.1) is 0 Å². The van der Waals surface area contributed by atoms with E-state index in [1.807, 2.05) is 6.07 Å². The number of benzene rings is 2. The van der Waals surface area contributed by atoms with Gasteiger partial charge in [0, 0.05) is 38.8 Å². The van der Waals surface area contributed by atoms with Crippen LogP contribution in [0.2, 0.25) is 0 Å². The van der Waals surface area contributed by atoms with Gasteiger partial charge in [-0.25, -0.2) is 0 Å². The molecule has 2 aromatic rings. The van der Waals surface area contributed by atoms with E-state index in [0.717, 1.165) is 23.3 Å². The van der Waals surface area contributed by atoms with Crippen molar-refractivity contribution in [2.24, 2.45) is 0 Å². The zero-order valence-electron chi connectivity index (χ0n) is 18.2. The molecule has 6 nitrogen and oxygen atoms in total. The van der Waals surface area contributed by atoms with E-state index in [2.05, 4.69) is 4.90 Å². The third-order valence-electron chi connectivity index (χ3n) is 5.64. The predicted octanol–water partition coefficient (Wildman–Crippen LogP) is 3.84. The molecule has 0 radical (unpaired) electrons. The fraction of sp³-hybridized carbons (Fsp3) is 0.375. The van der Waals surface area contributed by atoms with Crippen molar-refractivity contribution in [1.29, 1.82) is 0 Å². The van der Waals surface area contributed by atoms with Crippen LogP contribution in [0.3, 0.4) is 0 Å². The lowest BCUT2D eigenvalue weighted by Crippen LogP contribution is -2.47. The highest BCUT2D eigenvalue weighted by molar-refractivity contribution is 5.92. The Morgan fingerprint density at radius 1 is 1.06 bits per heavy atom. The summed E-state index contributed by atoms with van der Waals surface area (Å²) in [7, 11) is 1.55. The standard InChI is InChI=1S/C24H25F3N2O4/c1-31-20-14-18(15-21-23(20)33-13-12-32-21)4-7-22(30)29-10-8-28(9-11-29)16-17-2-5-19(6-3-17)24(25,26)27/h2-7,14-15H,8-13,16H2,1H3/b7-4+. The number of nitrogens with zero attached hydrogens (tertiary/aromatic N) is 2. The van der Waals surface area contributed by atoms with Gasteiger partial charge in [-0.15, -0.1) is 0 Å². The van der Waals surface area contributed by atoms with Crippen molar-refractivity contribution in [2.75, 3.05) is 46.5 Å². The van der Waals surface area contributed by atoms with Crippen molar-refractivity contribution in [1.82, 2.24) is 9.80 Å². The number of rotatable bonds is 5. The summed E-state index contributed by atoms with van der Waals surface area (Å²) < 4.78 is 54.7. The summed E-state index contributed by atoms with van der Waals surface area (Å²) in [6.07, 6.45) is -1.09. The van der Waals surface area contributed by atoms with Crippen LogP contribution in [-0.4, -0.2) is 62.2 Å². The Kier molecular flexibility index (Phi) is 6.78. The summed E-state index contributed by atoms with van der Waals surface area (Å²) in [6.45, 7) is 3.87. The molecular weight excluding hydrogens is 437 g/mol. The Morgan fingerprint density at radius 2 is 1.76 bits per heavy atom. The largest absolute Gasteiger partial charge is 0.493 e. The van der Waals surface area contributed by atoms with E-state index >= 15 is 0 Å². The molecule has 176 valence electrons. The minimum Gasteiger partial charge on any atom is -0.493 e. The first-order valence-corrected chi connectivity index (χ1v) is 10.7. The fourth-order valence-corrected chi connectivity index (χ4v) is 3.85. The van der Waals surface area contributed by atoms with E-state index in [9.17, 15) is 18.0 Å². The molecule has 0 saturated carbocycles. The van der Waals surface area contributed by atoms with Crippen LogP contribution in [0.1, 0.15) is 16.7 Å². The third kappa shape index (κ3) is 5.60. The van der Waals surface area contributed by atoms with Crippen LogP contribution >= 0.6 is 0 Å². The number of carbonyl (C=O) groups is 1. The van der Waals surface area contributed by atoms with Crippen molar-refractivity contribution in [2.45, 2.75) is 12.7 Å². The van der Waals surface area contributed by atoms with Crippen molar-refractivity contribution >= 4 is 12.0 Å². The molecule has 1 saturated heterocycles. The average Bonchev–Trinajstić information content (AvgIpc) is 2.82. The first kappa shape index (κ1) is 23.0. The van der Waals surface area contributed by atoms with Crippen molar-refractivity contribution in [3.8, 4) is 17.2 Å². The molecule has 4 rings (SSSR count). The molecule has 1 fully saturated rings. The number of piperazine rings is 1. The van der Waals surface area contributed by atoms with Gasteiger partial charge in [0.15, 0.2) is 11.5 Å². The number of alkyl halides is 3. The molecule has 2 aliphatic heterocycles. The van der Waals surface area contributed by atoms with E-state index in [0.29, 0.717) is 63.2 Å². The molecule has 0 bridgehead atoms. The SMILES string of the molecule is COc1cc(/C=C/C(=O)N2CCN(Cc3ccc(C(F)(F)F)cc3)CC2)cc2c1OCCO2. The third-order valence-corrected chi connectivity index (χ3v) is 5.64. The van der Waals surface area contributed by atoms with Crippen LogP contribution in [0.25, 0.3) is 6.08 Å². The molecule has 0 unspecified atom stereocenters. The normalized spacial score (nSPS) is 16.8. The highest BCUT2D eigenvalue weighted by atomic mass is 19.4. The highest BCUT2D eigenvalue weighted by Crippen LogP contribution is 2.40. The van der Waals surface area contributed by atoms with Gasteiger partial charge in [-0.1, -0.05) is 12.1 Å². The molecule has 33 heavy (non-hydrogen) atoms. The molecule has 1 amide bonds. The minimum atomic E-state index is -4.33. The maximum Gasteiger partial charge on any atom is 0.416 e. The molecule has 2 aromatic carbocycles. The quantitative estimate of drug-likeness (QED) is 0.632. The first-order valence-electron chi connectivity index (χ1n) is 10.7. The summed E-state index contributed by atoms with van der Waals surface area (Å²) in [5.41, 5.74) is 0.935. The second kappa shape index (κ2) is 9.74. The first-order chi connectivity index (χ1) is 15.8. The van der Waals surface area contributed by atoms with Crippen LogP contribution < -0.4 is 14.2 Å². The average molecular weight is 462 g/mol. The molecule has 0 aliphatic carbocycles. The molecule has 0 aromatic heterocycles. The Bertz CT molecular complexity index is 996. The second-order valence-electron chi connectivity index (χ2n) is 7.88. The smallest absolute Gasteiger partial charge is 0.416 e. The minimum absolute atomic E-state index is 0.0990. The van der Waals surface area contributed by atoms with E-state index in [4.69, 9.17) is 14.2 Å². The lowest BCUT2D eigenvalue weighted by molar-refractivity contribution is -0.137. The fourth-order valence-electron chi connectivity index (χ4n) is 3.85. The van der Waals surface area contributed by atoms with Gasteiger partial charge in [-0.2, -0.15) is 13.2 Å². The number of carbonyl (C=O) groups excluding carboxylic acids is 1. The molecular formula is C24H25F3N2O4. The molecule has 2 heterocycles. The van der Waals surface area contributed by atoms with E-state index in [1.54, 1.807) is 24.2 Å². The number of halogens is 3. The number of hydrogen-bond acceptors (Lipinski definition) is 5. The van der Waals surface area contributed by atoms with Gasteiger partial charge >= 0.3 is 6.18 Å². The second-order valence-corrected chi connectivity index (χ2v) is 7.88. The molecule has 9 heteroatoms. The number of hydrogen-bond donors (Lipinski definition) is 0. The zero-order valence-corrected chi connectivity index (χ0v) is 18.2. The van der Waals surface area contributed by atoms with Gasteiger partial charge in [0.2, 0.25) is 11.7 Å². The maximum atomic E-state index is 12.7. The van der Waals surface area contributed by atoms with Crippen molar-refractivity contribution in [3.05, 3.63) is 59.2 Å². The zero-order chi connectivity index (χ0) is 23.4. The highest BCUT2D eigenvalue weighted by Gasteiger charge is 2.30. The summed E-state index contributed by atoms with van der Waals surface area (Å²) >= 11 is 0. The number of ether oxygens (including phenoxy) is 3. The molecule has 0 atom stereocenters. The lowest BCUT2D eigenvalue weighted by atomic mass is 10.1. The van der Waals surface area contributed by atoms with Crippen LogP contribution in [0.5, 0.6) is 17.2 Å². The number of methoxy groups -OCH3 is 1. The van der Waals surface area contributed by atoms with Gasteiger partial charge in [-0.3, -0.25) is 9.69 Å². The topological polar surface area (TPSA) is 51.2 Å². The summed E-state index contributed by atoms with van der Waals surface area (Å²) in [6, 6.07) is 8.82. The summed E-state index contributed by atoms with van der Waals surface area (Å²) in [4.78, 5) is 16.5. The van der Waals surface area contributed by atoms with Crippen LogP contribution in [-0.2, 0) is 17.5 Å². The molecule has 2 aliphatic rings. The van der Waals surface area contributed by atoms with Gasteiger partial charge in [0.05, 0.1) is 12.7 Å². The van der Waals surface area contributed by atoms with Crippen LogP contribution in [0.15, 0.2) is 42.5 Å². The molecule has 0 N–H and O–H groups in total.